The van der Waals surface area contributed by atoms with Crippen molar-refractivity contribution < 1.29 is 4.42 Å². The first-order chi connectivity index (χ1) is 9.29. The lowest BCUT2D eigenvalue weighted by molar-refractivity contribution is 0.481. The summed E-state index contributed by atoms with van der Waals surface area (Å²) < 4.78 is 7.10. The molecule has 2 aromatic rings. The van der Waals surface area contributed by atoms with E-state index in [1.807, 2.05) is 12.1 Å². The Kier molecular flexibility index (Phi) is 3.46. The summed E-state index contributed by atoms with van der Waals surface area (Å²) in [5.74, 6) is 1.75. The van der Waals surface area contributed by atoms with Crippen molar-refractivity contribution in [1.82, 2.24) is 9.55 Å². The Morgan fingerprint density at radius 3 is 3.11 bits per heavy atom. The third kappa shape index (κ3) is 2.34. The Bertz CT molecular complexity index is 632. The fourth-order valence-electron chi connectivity index (χ4n) is 2.56. The van der Waals surface area contributed by atoms with Crippen molar-refractivity contribution in [2.24, 2.45) is 0 Å². The molecule has 0 radical (unpaired) electrons. The molecule has 1 aliphatic carbocycles. The molecule has 19 heavy (non-hydrogen) atoms. The van der Waals surface area contributed by atoms with Gasteiger partial charge >= 0.3 is 5.69 Å². The van der Waals surface area contributed by atoms with Crippen LogP contribution in [0.5, 0.6) is 0 Å². The molecule has 0 saturated carbocycles. The highest BCUT2D eigenvalue weighted by Crippen LogP contribution is 2.29. The van der Waals surface area contributed by atoms with Crippen molar-refractivity contribution >= 4 is 11.8 Å². The van der Waals surface area contributed by atoms with Crippen LogP contribution in [-0.2, 0) is 19.4 Å². The van der Waals surface area contributed by atoms with Crippen LogP contribution in [0.3, 0.4) is 0 Å². The number of aromatic nitrogens is 2. The van der Waals surface area contributed by atoms with Crippen LogP contribution in [0.25, 0.3) is 0 Å². The molecular weight excluding hydrogens is 260 g/mol. The van der Waals surface area contributed by atoms with Gasteiger partial charge < -0.3 is 4.42 Å². The van der Waals surface area contributed by atoms with Gasteiger partial charge in [0.25, 0.3) is 0 Å². The maximum atomic E-state index is 12.2. The van der Waals surface area contributed by atoms with Crippen LogP contribution in [0, 0.1) is 0 Å². The highest BCUT2D eigenvalue weighted by atomic mass is 32.2. The second-order valence-electron chi connectivity index (χ2n) is 4.58. The van der Waals surface area contributed by atoms with Gasteiger partial charge in [0.05, 0.1) is 12.8 Å². The van der Waals surface area contributed by atoms with Crippen molar-refractivity contribution in [3.05, 3.63) is 45.9 Å². The summed E-state index contributed by atoms with van der Waals surface area (Å²) in [5, 5.41) is 0.927. The molecule has 100 valence electrons. The van der Waals surface area contributed by atoms with Crippen LogP contribution >= 0.6 is 11.8 Å². The standard InChI is InChI=1S/C14H16N2O2S/c1-2-19-13-11-6-3-7-12(11)16(14(17)15-13)9-10-5-4-8-18-10/h4-5,8H,2-3,6-7,9H2,1H3. The van der Waals surface area contributed by atoms with Gasteiger partial charge in [-0.3, -0.25) is 4.57 Å². The molecule has 1 aliphatic rings. The Morgan fingerprint density at radius 2 is 2.37 bits per heavy atom. The molecule has 0 aromatic carbocycles. The molecule has 4 nitrogen and oxygen atoms in total. The Balaban J connectivity index is 2.05. The fourth-order valence-corrected chi connectivity index (χ4v) is 3.37. The predicted molar refractivity (Wildman–Crippen MR) is 74.7 cm³/mol. The van der Waals surface area contributed by atoms with Gasteiger partial charge in [0.2, 0.25) is 0 Å². The fraction of sp³-hybridized carbons (Fsp3) is 0.429. The van der Waals surface area contributed by atoms with E-state index < -0.39 is 0 Å². The Hall–Kier alpha value is -1.49. The molecule has 5 heteroatoms. The molecule has 0 N–H and O–H groups in total. The summed E-state index contributed by atoms with van der Waals surface area (Å²) in [6.45, 7) is 2.57. The highest BCUT2D eigenvalue weighted by Gasteiger charge is 2.22. The second kappa shape index (κ2) is 5.25. The van der Waals surface area contributed by atoms with E-state index in [2.05, 4.69) is 11.9 Å². The topological polar surface area (TPSA) is 48.0 Å². The van der Waals surface area contributed by atoms with Gasteiger partial charge in [-0.1, -0.05) is 6.92 Å². The van der Waals surface area contributed by atoms with E-state index >= 15 is 0 Å². The third-order valence-electron chi connectivity index (χ3n) is 3.38. The zero-order valence-electron chi connectivity index (χ0n) is 10.9. The minimum atomic E-state index is -0.159. The van der Waals surface area contributed by atoms with E-state index in [0.717, 1.165) is 41.5 Å². The first kappa shape index (κ1) is 12.5. The van der Waals surface area contributed by atoms with Gasteiger partial charge in [0.15, 0.2) is 0 Å². The summed E-state index contributed by atoms with van der Waals surface area (Å²) in [4.78, 5) is 16.4. The van der Waals surface area contributed by atoms with Crippen LogP contribution in [0.2, 0.25) is 0 Å². The van der Waals surface area contributed by atoms with Crippen molar-refractivity contribution in [3.8, 4) is 0 Å². The number of furan rings is 1. The number of rotatable bonds is 4. The largest absolute Gasteiger partial charge is 0.467 e. The minimum absolute atomic E-state index is 0.159. The maximum Gasteiger partial charge on any atom is 0.349 e. The lowest BCUT2D eigenvalue weighted by atomic mass is 10.2. The molecule has 3 rings (SSSR count). The van der Waals surface area contributed by atoms with E-state index in [4.69, 9.17) is 4.42 Å². The molecule has 0 aliphatic heterocycles. The van der Waals surface area contributed by atoms with Crippen LogP contribution in [-0.4, -0.2) is 15.3 Å². The molecule has 0 bridgehead atoms. The van der Waals surface area contributed by atoms with Gasteiger partial charge in [0.1, 0.15) is 10.8 Å². The van der Waals surface area contributed by atoms with Crippen molar-refractivity contribution in [2.45, 2.75) is 37.8 Å². The normalized spacial score (nSPS) is 13.7. The first-order valence-electron chi connectivity index (χ1n) is 6.57. The molecule has 0 amide bonds. The molecule has 2 aromatic heterocycles. The number of hydrogen-bond donors (Lipinski definition) is 0. The summed E-state index contributed by atoms with van der Waals surface area (Å²) in [7, 11) is 0. The summed E-state index contributed by atoms with van der Waals surface area (Å²) in [6.07, 6.45) is 4.74. The number of hydrogen-bond acceptors (Lipinski definition) is 4. The SMILES string of the molecule is CCSc1nc(=O)n(Cc2ccco2)c2c1CCC2. The minimum Gasteiger partial charge on any atom is -0.467 e. The third-order valence-corrected chi connectivity index (χ3v) is 4.28. The maximum absolute atomic E-state index is 12.2. The predicted octanol–water partition coefficient (Wildman–Crippen LogP) is 2.49. The Labute approximate surface area is 115 Å². The van der Waals surface area contributed by atoms with Crippen molar-refractivity contribution in [2.75, 3.05) is 5.75 Å². The zero-order valence-corrected chi connectivity index (χ0v) is 11.7. The van der Waals surface area contributed by atoms with Crippen molar-refractivity contribution in [3.63, 3.8) is 0 Å². The Morgan fingerprint density at radius 1 is 1.47 bits per heavy atom. The van der Waals surface area contributed by atoms with Crippen LogP contribution in [0.4, 0.5) is 0 Å². The van der Waals surface area contributed by atoms with Gasteiger partial charge in [-0.05, 0) is 37.1 Å². The van der Waals surface area contributed by atoms with E-state index in [1.165, 1.54) is 5.56 Å². The summed E-state index contributed by atoms with van der Waals surface area (Å²) in [6, 6.07) is 3.73. The van der Waals surface area contributed by atoms with Crippen LogP contribution < -0.4 is 5.69 Å². The number of fused-ring (bicyclic) bond motifs is 1. The number of thioether (sulfide) groups is 1. The molecule has 0 atom stereocenters. The van der Waals surface area contributed by atoms with Gasteiger partial charge in [-0.15, -0.1) is 11.8 Å². The second-order valence-corrected chi connectivity index (χ2v) is 5.83. The average Bonchev–Trinajstić information content (AvgIpc) is 3.05. The smallest absolute Gasteiger partial charge is 0.349 e. The van der Waals surface area contributed by atoms with E-state index in [1.54, 1.807) is 22.6 Å². The average molecular weight is 276 g/mol. The molecule has 2 heterocycles. The monoisotopic (exact) mass is 276 g/mol. The molecule has 0 unspecified atom stereocenters. The lowest BCUT2D eigenvalue weighted by Gasteiger charge is -2.12. The summed E-state index contributed by atoms with van der Waals surface area (Å²) >= 11 is 1.66. The van der Waals surface area contributed by atoms with Gasteiger partial charge in [-0.25, -0.2) is 4.79 Å². The van der Waals surface area contributed by atoms with Gasteiger partial charge in [-0.2, -0.15) is 4.98 Å². The first-order valence-corrected chi connectivity index (χ1v) is 7.56. The van der Waals surface area contributed by atoms with E-state index in [0.29, 0.717) is 6.54 Å². The van der Waals surface area contributed by atoms with Crippen LogP contribution in [0.15, 0.2) is 32.6 Å². The zero-order chi connectivity index (χ0) is 13.2. The lowest BCUT2D eigenvalue weighted by Crippen LogP contribution is -2.27. The van der Waals surface area contributed by atoms with Crippen molar-refractivity contribution in [1.29, 1.82) is 0 Å². The molecule has 0 saturated heterocycles. The van der Waals surface area contributed by atoms with E-state index in [-0.39, 0.29) is 5.69 Å². The van der Waals surface area contributed by atoms with E-state index in [9.17, 15) is 4.79 Å². The molecule has 0 fully saturated rings. The highest BCUT2D eigenvalue weighted by molar-refractivity contribution is 7.99. The quantitative estimate of drug-likeness (QED) is 0.636. The molecular formula is C14H16N2O2S. The van der Waals surface area contributed by atoms with Crippen LogP contribution in [0.1, 0.15) is 30.4 Å². The molecule has 0 spiro atoms. The summed E-state index contributed by atoms with van der Waals surface area (Å²) in [5.41, 5.74) is 2.25. The van der Waals surface area contributed by atoms with Gasteiger partial charge in [0, 0.05) is 11.3 Å². The number of nitrogens with zero attached hydrogens (tertiary/aromatic N) is 2.